The standard InChI is InChI=1S/C7H8.C2H6.CH3B/c1-7-5-3-2-4-6-7;2*1-2/h2-6H,1H3;1-2H3;1H3. The molecule has 0 aliphatic carbocycles. The second-order valence-corrected chi connectivity index (χ2v) is 1.65. The summed E-state index contributed by atoms with van der Waals surface area (Å²) in [6.45, 7) is 7.58. The van der Waals surface area contributed by atoms with Gasteiger partial charge in [0.05, 0.1) is 7.85 Å². The molecule has 0 spiro atoms. The van der Waals surface area contributed by atoms with Gasteiger partial charge in [-0.05, 0) is 6.92 Å². The van der Waals surface area contributed by atoms with Crippen molar-refractivity contribution in [3.8, 4) is 0 Å². The maximum atomic E-state index is 4.50. The highest BCUT2D eigenvalue weighted by Crippen LogP contribution is 1.92. The highest BCUT2D eigenvalue weighted by atomic mass is 13.8. The predicted octanol–water partition coefficient (Wildman–Crippen LogP) is 3.22. The first-order valence-corrected chi connectivity index (χ1v) is 3.99. The fourth-order valence-electron chi connectivity index (χ4n) is 0.534. The van der Waals surface area contributed by atoms with E-state index in [1.807, 2.05) is 32.0 Å². The zero-order valence-electron chi connectivity index (χ0n) is 7.96. The second kappa shape index (κ2) is 12.0. The normalized spacial score (nSPS) is 6.55. The Hall–Kier alpha value is -0.715. The fraction of sp³-hybridized carbons (Fsp3) is 0.400. The molecule has 1 aromatic rings. The van der Waals surface area contributed by atoms with Gasteiger partial charge in [-0.25, -0.2) is 0 Å². The van der Waals surface area contributed by atoms with Gasteiger partial charge in [0, 0.05) is 0 Å². The Balaban J connectivity index is 0. The van der Waals surface area contributed by atoms with Gasteiger partial charge in [-0.2, -0.15) is 0 Å². The molecule has 0 nitrogen and oxygen atoms in total. The van der Waals surface area contributed by atoms with Crippen molar-refractivity contribution in [3.05, 3.63) is 35.9 Å². The summed E-state index contributed by atoms with van der Waals surface area (Å²) in [6, 6.07) is 10.3. The van der Waals surface area contributed by atoms with E-state index in [2.05, 4.69) is 26.9 Å². The average Bonchev–Trinajstić information content (AvgIpc) is 2.13. The molecule has 0 bridgehead atoms. The Kier molecular flexibility index (Phi) is 14.1. The number of hydrogen-bond donors (Lipinski definition) is 0. The summed E-state index contributed by atoms with van der Waals surface area (Å²) in [4.78, 5) is 0. The number of aryl methyl sites for hydroxylation is 1. The van der Waals surface area contributed by atoms with Crippen molar-refractivity contribution in [1.29, 1.82) is 0 Å². The lowest BCUT2D eigenvalue weighted by molar-refractivity contribution is 1.48. The molecule has 0 heterocycles. The summed E-state index contributed by atoms with van der Waals surface area (Å²) >= 11 is 0. The minimum Gasteiger partial charge on any atom is -0.0999 e. The van der Waals surface area contributed by atoms with Gasteiger partial charge in [0.1, 0.15) is 0 Å². The molecule has 0 saturated carbocycles. The molecule has 1 heteroatoms. The molecule has 0 amide bonds. The summed E-state index contributed by atoms with van der Waals surface area (Å²) in [7, 11) is 4.50. The molecule has 2 radical (unpaired) electrons. The smallest absolute Gasteiger partial charge is 0.0606 e. The van der Waals surface area contributed by atoms with Crippen LogP contribution in [-0.2, 0) is 0 Å². The Bertz CT molecular complexity index is 135. The first-order valence-electron chi connectivity index (χ1n) is 3.99. The minimum atomic E-state index is 1.32. The molecule has 1 rings (SSSR count). The molecule has 0 unspecified atom stereocenters. The van der Waals surface area contributed by atoms with Crippen molar-refractivity contribution in [2.24, 2.45) is 0 Å². The van der Waals surface area contributed by atoms with Gasteiger partial charge in [0.15, 0.2) is 0 Å². The van der Waals surface area contributed by atoms with E-state index in [4.69, 9.17) is 0 Å². The molecule has 0 saturated heterocycles. The van der Waals surface area contributed by atoms with E-state index in [0.29, 0.717) is 0 Å². The van der Waals surface area contributed by atoms with Crippen molar-refractivity contribution in [2.75, 3.05) is 0 Å². The topological polar surface area (TPSA) is 0 Å². The van der Waals surface area contributed by atoms with Gasteiger partial charge in [0.25, 0.3) is 0 Å². The second-order valence-electron chi connectivity index (χ2n) is 1.65. The van der Waals surface area contributed by atoms with Gasteiger partial charge in [-0.15, -0.1) is 0 Å². The lowest BCUT2D eigenvalue weighted by Crippen LogP contribution is -1.62. The van der Waals surface area contributed by atoms with E-state index in [1.165, 1.54) is 12.4 Å². The van der Waals surface area contributed by atoms with Gasteiger partial charge in [0.2, 0.25) is 0 Å². The molecule has 60 valence electrons. The monoisotopic (exact) mass is 148 g/mol. The Morgan fingerprint density at radius 1 is 0.909 bits per heavy atom. The molecule has 0 aliphatic rings. The summed E-state index contributed by atoms with van der Waals surface area (Å²) in [5.41, 5.74) is 1.32. The van der Waals surface area contributed by atoms with Crippen molar-refractivity contribution >= 4 is 7.85 Å². The number of hydrogen-bond acceptors (Lipinski definition) is 0. The largest absolute Gasteiger partial charge is 0.0999 e. The van der Waals surface area contributed by atoms with Crippen LogP contribution < -0.4 is 0 Å². The van der Waals surface area contributed by atoms with Crippen LogP contribution in [0.15, 0.2) is 30.3 Å². The van der Waals surface area contributed by atoms with E-state index in [0.717, 1.165) is 0 Å². The van der Waals surface area contributed by atoms with Crippen molar-refractivity contribution in [1.82, 2.24) is 0 Å². The highest BCUT2D eigenvalue weighted by Gasteiger charge is 1.72. The average molecular weight is 148 g/mol. The van der Waals surface area contributed by atoms with Crippen molar-refractivity contribution in [3.63, 3.8) is 0 Å². The van der Waals surface area contributed by atoms with Crippen LogP contribution in [0.1, 0.15) is 19.4 Å². The highest BCUT2D eigenvalue weighted by molar-refractivity contribution is 6.05. The van der Waals surface area contributed by atoms with Gasteiger partial charge >= 0.3 is 0 Å². The predicted molar refractivity (Wildman–Crippen MR) is 54.1 cm³/mol. The molecule has 0 fully saturated rings. The lowest BCUT2D eigenvalue weighted by Gasteiger charge is -1.82. The minimum absolute atomic E-state index is 1.32. The molecule has 0 N–H and O–H groups in total. The summed E-state index contributed by atoms with van der Waals surface area (Å²) < 4.78 is 0. The van der Waals surface area contributed by atoms with E-state index in [1.54, 1.807) is 0 Å². The van der Waals surface area contributed by atoms with E-state index in [-0.39, 0.29) is 0 Å². The molecular formula is C10H17B. The van der Waals surface area contributed by atoms with Crippen LogP contribution in [0.2, 0.25) is 6.82 Å². The maximum Gasteiger partial charge on any atom is 0.0606 e. The third-order valence-electron chi connectivity index (χ3n) is 0.940. The van der Waals surface area contributed by atoms with Gasteiger partial charge < -0.3 is 0 Å². The summed E-state index contributed by atoms with van der Waals surface area (Å²) in [6.07, 6.45) is 0. The summed E-state index contributed by atoms with van der Waals surface area (Å²) in [5.74, 6) is 0. The van der Waals surface area contributed by atoms with E-state index < -0.39 is 0 Å². The van der Waals surface area contributed by atoms with Gasteiger partial charge in [-0.1, -0.05) is 56.6 Å². The SMILES string of the molecule is CC.Cc1ccccc1.[B]C. The molecule has 1 aromatic carbocycles. The zero-order chi connectivity index (χ0) is 9.11. The van der Waals surface area contributed by atoms with Crippen LogP contribution in [-0.4, -0.2) is 7.85 Å². The van der Waals surface area contributed by atoms with Crippen LogP contribution in [0.3, 0.4) is 0 Å². The van der Waals surface area contributed by atoms with Crippen LogP contribution in [0.4, 0.5) is 0 Å². The molecule has 11 heavy (non-hydrogen) atoms. The van der Waals surface area contributed by atoms with Crippen molar-refractivity contribution < 1.29 is 0 Å². The van der Waals surface area contributed by atoms with E-state index >= 15 is 0 Å². The molecule has 0 aliphatic heterocycles. The van der Waals surface area contributed by atoms with Crippen LogP contribution in [0.25, 0.3) is 0 Å². The zero-order valence-corrected chi connectivity index (χ0v) is 7.96. The third-order valence-corrected chi connectivity index (χ3v) is 0.940. The molecular weight excluding hydrogens is 131 g/mol. The van der Waals surface area contributed by atoms with E-state index in [9.17, 15) is 0 Å². The Morgan fingerprint density at radius 2 is 1.27 bits per heavy atom. The quantitative estimate of drug-likeness (QED) is 0.495. The first kappa shape index (κ1) is 12.9. The first-order chi connectivity index (χ1) is 5.39. The number of rotatable bonds is 0. The maximum absolute atomic E-state index is 4.50. The van der Waals surface area contributed by atoms with Crippen LogP contribution >= 0.6 is 0 Å². The van der Waals surface area contributed by atoms with Gasteiger partial charge in [-0.3, -0.25) is 0 Å². The lowest BCUT2D eigenvalue weighted by atomic mass is 10.2. The Morgan fingerprint density at radius 3 is 1.45 bits per heavy atom. The van der Waals surface area contributed by atoms with Crippen LogP contribution in [0.5, 0.6) is 0 Å². The Labute approximate surface area is 72.1 Å². The van der Waals surface area contributed by atoms with Crippen LogP contribution in [0, 0.1) is 6.92 Å². The molecule has 0 atom stereocenters. The van der Waals surface area contributed by atoms with Crippen molar-refractivity contribution in [2.45, 2.75) is 27.6 Å². The number of benzene rings is 1. The summed E-state index contributed by atoms with van der Waals surface area (Å²) in [5, 5.41) is 0. The fourth-order valence-corrected chi connectivity index (χ4v) is 0.534. The third kappa shape index (κ3) is 9.28. The molecule has 0 aromatic heterocycles.